The Bertz CT molecular complexity index is 245. The Morgan fingerprint density at radius 3 is 2.75 bits per heavy atom. The van der Waals surface area contributed by atoms with Gasteiger partial charge in [0, 0.05) is 10.5 Å². The summed E-state index contributed by atoms with van der Waals surface area (Å²) in [6, 6.07) is -0.0677. The maximum atomic E-state index is 6.09. The smallest absolute Gasteiger partial charge is 0.0533 e. The third kappa shape index (κ3) is 1.49. The van der Waals surface area contributed by atoms with Gasteiger partial charge < -0.3 is 11.5 Å². The first kappa shape index (κ1) is 9.96. The van der Waals surface area contributed by atoms with Crippen LogP contribution in [-0.4, -0.2) is 11.6 Å². The molecule has 0 aromatic heterocycles. The van der Waals surface area contributed by atoms with Crippen molar-refractivity contribution in [3.63, 3.8) is 0 Å². The fourth-order valence-corrected chi connectivity index (χ4v) is 1.73. The summed E-state index contributed by atoms with van der Waals surface area (Å²) in [5.41, 5.74) is 12.8. The van der Waals surface area contributed by atoms with Crippen molar-refractivity contribution >= 4 is 15.9 Å². The molecule has 1 aliphatic carbocycles. The normalized spacial score (nSPS) is 35.9. The minimum Gasteiger partial charge on any atom is -0.322 e. The van der Waals surface area contributed by atoms with Crippen LogP contribution in [0.4, 0.5) is 0 Å². The van der Waals surface area contributed by atoms with Crippen LogP contribution in [0.1, 0.15) is 20.3 Å². The van der Waals surface area contributed by atoms with Gasteiger partial charge in [-0.3, -0.25) is 0 Å². The molecule has 0 aromatic carbocycles. The van der Waals surface area contributed by atoms with Crippen LogP contribution in [0.3, 0.4) is 0 Å². The van der Waals surface area contributed by atoms with Gasteiger partial charge in [0.25, 0.3) is 0 Å². The van der Waals surface area contributed by atoms with Crippen LogP contribution < -0.4 is 11.5 Å². The number of allylic oxidation sites excluding steroid dienone is 2. The van der Waals surface area contributed by atoms with Crippen LogP contribution in [0.25, 0.3) is 0 Å². The molecule has 4 N–H and O–H groups in total. The van der Waals surface area contributed by atoms with Crippen LogP contribution in [0.2, 0.25) is 0 Å². The number of hydrogen-bond acceptors (Lipinski definition) is 2. The van der Waals surface area contributed by atoms with E-state index < -0.39 is 0 Å². The fraction of sp³-hybridized carbons (Fsp3) is 0.556. The summed E-state index contributed by atoms with van der Waals surface area (Å²) in [6.45, 7) is 4.06. The molecule has 2 nitrogen and oxygen atoms in total. The second kappa shape index (κ2) is 3.32. The Morgan fingerprint density at radius 1 is 1.67 bits per heavy atom. The van der Waals surface area contributed by atoms with E-state index in [1.54, 1.807) is 0 Å². The van der Waals surface area contributed by atoms with Gasteiger partial charge in [0.15, 0.2) is 0 Å². The molecule has 12 heavy (non-hydrogen) atoms. The first-order valence-corrected chi connectivity index (χ1v) is 4.90. The molecular formula is C9H15BrN2. The van der Waals surface area contributed by atoms with Gasteiger partial charge in [-0.15, -0.1) is 0 Å². The number of halogens is 1. The van der Waals surface area contributed by atoms with E-state index in [0.717, 1.165) is 16.5 Å². The lowest BCUT2D eigenvalue weighted by molar-refractivity contribution is 0.439. The highest BCUT2D eigenvalue weighted by Crippen LogP contribution is 2.29. The van der Waals surface area contributed by atoms with Crippen LogP contribution in [0, 0.1) is 0 Å². The minimum atomic E-state index is -0.360. The highest BCUT2D eigenvalue weighted by molar-refractivity contribution is 9.11. The summed E-state index contributed by atoms with van der Waals surface area (Å²) < 4.78 is 1.06. The second-order valence-electron chi connectivity index (χ2n) is 3.31. The van der Waals surface area contributed by atoms with E-state index in [0.29, 0.717) is 0 Å². The average molecular weight is 231 g/mol. The topological polar surface area (TPSA) is 52.0 Å². The molecular weight excluding hydrogens is 216 g/mol. The van der Waals surface area contributed by atoms with E-state index in [2.05, 4.69) is 22.9 Å². The summed E-state index contributed by atoms with van der Waals surface area (Å²) in [5, 5.41) is 0. The van der Waals surface area contributed by atoms with Gasteiger partial charge in [0.2, 0.25) is 0 Å². The first-order chi connectivity index (χ1) is 5.51. The molecule has 0 saturated heterocycles. The third-order valence-electron chi connectivity index (χ3n) is 2.57. The largest absolute Gasteiger partial charge is 0.322 e. The van der Waals surface area contributed by atoms with E-state index in [4.69, 9.17) is 11.5 Å². The summed E-state index contributed by atoms with van der Waals surface area (Å²) >= 11 is 3.43. The molecule has 68 valence electrons. The van der Waals surface area contributed by atoms with Gasteiger partial charge in [-0.1, -0.05) is 35.0 Å². The molecule has 0 heterocycles. The lowest BCUT2D eigenvalue weighted by Gasteiger charge is -2.35. The number of nitrogens with two attached hydrogens (primary N) is 2. The standard InChI is InChI=1S/C9H15BrN2/c1-3-9(12)5-4-7(10)6(2)8(9)11/h4-5,8H,3,11-12H2,1-2H3. The van der Waals surface area contributed by atoms with Gasteiger partial charge >= 0.3 is 0 Å². The molecule has 0 bridgehead atoms. The zero-order valence-electron chi connectivity index (χ0n) is 7.47. The van der Waals surface area contributed by atoms with E-state index >= 15 is 0 Å². The van der Waals surface area contributed by atoms with E-state index in [-0.39, 0.29) is 11.6 Å². The van der Waals surface area contributed by atoms with Gasteiger partial charge in [-0.05, 0) is 18.9 Å². The van der Waals surface area contributed by atoms with Crippen molar-refractivity contribution in [2.24, 2.45) is 11.5 Å². The summed E-state index contributed by atoms with van der Waals surface area (Å²) in [4.78, 5) is 0. The van der Waals surface area contributed by atoms with Crippen molar-refractivity contribution in [1.82, 2.24) is 0 Å². The molecule has 2 atom stereocenters. The average Bonchev–Trinajstić information content (AvgIpc) is 2.09. The predicted octanol–water partition coefficient (Wildman–Crippen LogP) is 1.66. The molecule has 0 amide bonds. The minimum absolute atomic E-state index is 0.0677. The van der Waals surface area contributed by atoms with Gasteiger partial charge in [0.05, 0.1) is 5.54 Å². The highest BCUT2D eigenvalue weighted by Gasteiger charge is 2.32. The summed E-state index contributed by atoms with van der Waals surface area (Å²) in [6.07, 6.45) is 4.83. The Labute approximate surface area is 81.8 Å². The Balaban J connectivity index is 2.99. The molecule has 2 unspecified atom stereocenters. The van der Waals surface area contributed by atoms with Crippen molar-refractivity contribution < 1.29 is 0 Å². The van der Waals surface area contributed by atoms with Gasteiger partial charge in [0.1, 0.15) is 0 Å². The zero-order chi connectivity index (χ0) is 9.35. The molecule has 0 saturated carbocycles. The molecule has 1 rings (SSSR count). The van der Waals surface area contributed by atoms with Crippen LogP contribution >= 0.6 is 15.9 Å². The maximum Gasteiger partial charge on any atom is 0.0533 e. The summed E-state index contributed by atoms with van der Waals surface area (Å²) in [7, 11) is 0. The third-order valence-corrected chi connectivity index (χ3v) is 3.46. The molecule has 0 aliphatic heterocycles. The van der Waals surface area contributed by atoms with Crippen LogP contribution in [-0.2, 0) is 0 Å². The van der Waals surface area contributed by atoms with Crippen molar-refractivity contribution in [1.29, 1.82) is 0 Å². The highest BCUT2D eigenvalue weighted by atomic mass is 79.9. The van der Waals surface area contributed by atoms with Gasteiger partial charge in [-0.2, -0.15) is 0 Å². The first-order valence-electron chi connectivity index (χ1n) is 4.11. The van der Waals surface area contributed by atoms with Crippen molar-refractivity contribution in [3.05, 3.63) is 22.2 Å². The van der Waals surface area contributed by atoms with Crippen molar-refractivity contribution in [2.75, 3.05) is 0 Å². The Kier molecular flexibility index (Phi) is 2.76. The number of rotatable bonds is 1. The molecule has 3 heteroatoms. The van der Waals surface area contributed by atoms with Crippen LogP contribution in [0.15, 0.2) is 22.2 Å². The van der Waals surface area contributed by atoms with Crippen molar-refractivity contribution in [3.8, 4) is 0 Å². The van der Waals surface area contributed by atoms with Gasteiger partial charge in [-0.25, -0.2) is 0 Å². The number of hydrogen-bond donors (Lipinski definition) is 2. The second-order valence-corrected chi connectivity index (χ2v) is 4.16. The van der Waals surface area contributed by atoms with E-state index in [1.807, 2.05) is 19.1 Å². The molecule has 1 aliphatic rings. The van der Waals surface area contributed by atoms with Crippen LogP contribution in [0.5, 0.6) is 0 Å². The van der Waals surface area contributed by atoms with E-state index in [9.17, 15) is 0 Å². The summed E-state index contributed by atoms with van der Waals surface area (Å²) in [5.74, 6) is 0. The lowest BCUT2D eigenvalue weighted by Crippen LogP contribution is -2.55. The lowest BCUT2D eigenvalue weighted by atomic mass is 9.81. The van der Waals surface area contributed by atoms with Crippen molar-refractivity contribution in [2.45, 2.75) is 31.8 Å². The predicted molar refractivity (Wildman–Crippen MR) is 56.0 cm³/mol. The molecule has 0 radical (unpaired) electrons. The van der Waals surface area contributed by atoms with E-state index in [1.165, 1.54) is 0 Å². The Hall–Kier alpha value is -0.120. The zero-order valence-corrected chi connectivity index (χ0v) is 9.06. The monoisotopic (exact) mass is 230 g/mol. The molecule has 0 spiro atoms. The quantitative estimate of drug-likeness (QED) is 0.721. The SMILES string of the molecule is CCC1(N)C=CC(Br)=C(C)C1N. The maximum absolute atomic E-state index is 6.09. The fourth-order valence-electron chi connectivity index (χ4n) is 1.35. The molecule has 0 fully saturated rings. The Morgan fingerprint density at radius 2 is 2.25 bits per heavy atom. The molecule has 0 aromatic rings.